The average Bonchev–Trinajstić information content (AvgIpc) is 2.17. The van der Waals surface area contributed by atoms with Crippen LogP contribution in [0.15, 0.2) is 30.3 Å². The monoisotopic (exact) mass is 190 g/mol. The van der Waals surface area contributed by atoms with Gasteiger partial charge in [-0.2, -0.15) is 0 Å². The zero-order chi connectivity index (χ0) is 10.4. The Hall–Kier alpha value is -1.08. The first kappa shape index (κ1) is 11.0. The van der Waals surface area contributed by atoms with Crippen molar-refractivity contribution in [3.05, 3.63) is 41.5 Å². The summed E-state index contributed by atoms with van der Waals surface area (Å²) < 4.78 is 0. The maximum atomic E-state index is 8.75. The van der Waals surface area contributed by atoms with E-state index < -0.39 is 0 Å². The summed E-state index contributed by atoms with van der Waals surface area (Å²) in [5.74, 6) is 0.444. The molecule has 14 heavy (non-hydrogen) atoms. The van der Waals surface area contributed by atoms with Crippen LogP contribution in [0.5, 0.6) is 0 Å². The topological polar surface area (TPSA) is 20.2 Å². The molecule has 1 aromatic carbocycles. The maximum Gasteiger partial charge on any atom is 0.0436 e. The van der Waals surface area contributed by atoms with Gasteiger partial charge >= 0.3 is 0 Å². The Bertz CT molecular complexity index is 302. The largest absolute Gasteiger partial charge is 0.396 e. The predicted molar refractivity (Wildman–Crippen MR) is 61.1 cm³/mol. The number of rotatable bonds is 4. The Balaban J connectivity index is 2.64. The lowest BCUT2D eigenvalue weighted by Gasteiger charge is -2.03. The lowest BCUT2D eigenvalue weighted by atomic mass is 10.0. The highest BCUT2D eigenvalue weighted by molar-refractivity contribution is 5.53. The number of hydrogen-bond donors (Lipinski definition) is 1. The zero-order valence-corrected chi connectivity index (χ0v) is 8.90. The molecule has 0 bridgehead atoms. The predicted octanol–water partition coefficient (Wildman–Crippen LogP) is 3.03. The summed E-state index contributed by atoms with van der Waals surface area (Å²) in [4.78, 5) is 0. The van der Waals surface area contributed by atoms with Crippen molar-refractivity contribution >= 4 is 6.08 Å². The number of aliphatic hydroxyl groups excluding tert-OH is 1. The van der Waals surface area contributed by atoms with Gasteiger partial charge in [0.05, 0.1) is 0 Å². The van der Waals surface area contributed by atoms with Crippen molar-refractivity contribution in [1.29, 1.82) is 0 Å². The van der Waals surface area contributed by atoms with Gasteiger partial charge in [-0.1, -0.05) is 43.3 Å². The van der Waals surface area contributed by atoms with Gasteiger partial charge in [-0.3, -0.25) is 0 Å². The second-order valence-corrected chi connectivity index (χ2v) is 3.71. The van der Waals surface area contributed by atoms with Gasteiger partial charge in [0, 0.05) is 6.61 Å². The number of hydrogen-bond acceptors (Lipinski definition) is 1. The van der Waals surface area contributed by atoms with Gasteiger partial charge in [-0.05, 0) is 30.4 Å². The first-order chi connectivity index (χ1) is 6.74. The zero-order valence-electron chi connectivity index (χ0n) is 8.90. The molecule has 0 radical (unpaired) electrons. The smallest absolute Gasteiger partial charge is 0.0436 e. The first-order valence-corrected chi connectivity index (χ1v) is 5.08. The molecule has 1 nitrogen and oxygen atoms in total. The lowest BCUT2D eigenvalue weighted by Crippen LogP contribution is -1.93. The van der Waals surface area contributed by atoms with E-state index in [9.17, 15) is 0 Å². The molecule has 1 unspecified atom stereocenters. The Labute approximate surface area is 86.1 Å². The summed E-state index contributed by atoms with van der Waals surface area (Å²) in [6.45, 7) is 4.49. The molecular formula is C13H18O. The SMILES string of the molecule is Cc1ccccc1/C=C/C(C)CCO. The highest BCUT2D eigenvalue weighted by atomic mass is 16.2. The lowest BCUT2D eigenvalue weighted by molar-refractivity contribution is 0.274. The van der Waals surface area contributed by atoms with E-state index in [1.165, 1.54) is 11.1 Å². The van der Waals surface area contributed by atoms with Crippen molar-refractivity contribution in [2.24, 2.45) is 5.92 Å². The minimum Gasteiger partial charge on any atom is -0.396 e. The van der Waals surface area contributed by atoms with Gasteiger partial charge < -0.3 is 5.11 Å². The van der Waals surface area contributed by atoms with Gasteiger partial charge in [0.2, 0.25) is 0 Å². The van der Waals surface area contributed by atoms with Gasteiger partial charge in [-0.15, -0.1) is 0 Å². The number of aryl methyl sites for hydroxylation is 1. The van der Waals surface area contributed by atoms with Crippen molar-refractivity contribution in [2.45, 2.75) is 20.3 Å². The second kappa shape index (κ2) is 5.61. The van der Waals surface area contributed by atoms with Crippen LogP contribution < -0.4 is 0 Å². The summed E-state index contributed by atoms with van der Waals surface area (Å²) >= 11 is 0. The molecule has 1 heteroatoms. The van der Waals surface area contributed by atoms with E-state index in [2.05, 4.69) is 38.1 Å². The Morgan fingerprint density at radius 2 is 2.07 bits per heavy atom. The van der Waals surface area contributed by atoms with E-state index in [0.29, 0.717) is 5.92 Å². The van der Waals surface area contributed by atoms with Gasteiger partial charge in [0.1, 0.15) is 0 Å². The van der Waals surface area contributed by atoms with Gasteiger partial charge in [-0.25, -0.2) is 0 Å². The summed E-state index contributed by atoms with van der Waals surface area (Å²) in [5.41, 5.74) is 2.55. The van der Waals surface area contributed by atoms with Crippen LogP contribution in [0.4, 0.5) is 0 Å². The normalized spacial score (nSPS) is 13.4. The van der Waals surface area contributed by atoms with Crippen molar-refractivity contribution in [3.63, 3.8) is 0 Å². The molecule has 0 aliphatic heterocycles. The standard InChI is InChI=1S/C13H18O/c1-11(9-10-14)7-8-13-6-4-3-5-12(13)2/h3-8,11,14H,9-10H2,1-2H3/b8-7+. The third-order valence-corrected chi connectivity index (χ3v) is 2.38. The quantitative estimate of drug-likeness (QED) is 0.773. The van der Waals surface area contributed by atoms with E-state index in [1.54, 1.807) is 0 Å². The molecule has 1 aromatic rings. The molecule has 0 aliphatic rings. The van der Waals surface area contributed by atoms with Crippen LogP contribution in [0.1, 0.15) is 24.5 Å². The van der Waals surface area contributed by atoms with Crippen molar-refractivity contribution < 1.29 is 5.11 Å². The van der Waals surface area contributed by atoms with E-state index in [4.69, 9.17) is 5.11 Å². The number of allylic oxidation sites excluding steroid dienone is 1. The summed E-state index contributed by atoms with van der Waals surface area (Å²) in [7, 11) is 0. The molecule has 1 N–H and O–H groups in total. The molecule has 1 rings (SSSR count). The van der Waals surface area contributed by atoms with Gasteiger partial charge in [0.15, 0.2) is 0 Å². The van der Waals surface area contributed by atoms with Crippen molar-refractivity contribution in [2.75, 3.05) is 6.61 Å². The van der Waals surface area contributed by atoms with Crippen LogP contribution in [0.25, 0.3) is 6.08 Å². The molecule has 0 aliphatic carbocycles. The van der Waals surface area contributed by atoms with Crippen LogP contribution in [-0.2, 0) is 0 Å². The molecule has 0 fully saturated rings. The van der Waals surface area contributed by atoms with E-state index >= 15 is 0 Å². The van der Waals surface area contributed by atoms with Crippen LogP contribution in [0.2, 0.25) is 0 Å². The molecule has 0 saturated heterocycles. The first-order valence-electron chi connectivity index (χ1n) is 5.08. The van der Waals surface area contributed by atoms with E-state index in [-0.39, 0.29) is 6.61 Å². The average molecular weight is 190 g/mol. The summed E-state index contributed by atoms with van der Waals surface area (Å²) in [6.07, 6.45) is 5.12. The van der Waals surface area contributed by atoms with Gasteiger partial charge in [0.25, 0.3) is 0 Å². The fourth-order valence-corrected chi connectivity index (χ4v) is 1.34. The fourth-order valence-electron chi connectivity index (χ4n) is 1.34. The Morgan fingerprint density at radius 1 is 1.36 bits per heavy atom. The highest BCUT2D eigenvalue weighted by Crippen LogP contribution is 2.11. The Kier molecular flexibility index (Phi) is 4.41. The number of benzene rings is 1. The summed E-state index contributed by atoms with van der Waals surface area (Å²) in [6, 6.07) is 8.31. The molecule has 0 spiro atoms. The van der Waals surface area contributed by atoms with Crippen LogP contribution in [0, 0.1) is 12.8 Å². The summed E-state index contributed by atoms with van der Waals surface area (Å²) in [5, 5.41) is 8.75. The van der Waals surface area contributed by atoms with Crippen LogP contribution in [-0.4, -0.2) is 11.7 Å². The maximum absolute atomic E-state index is 8.75. The third kappa shape index (κ3) is 3.35. The van der Waals surface area contributed by atoms with Crippen molar-refractivity contribution in [1.82, 2.24) is 0 Å². The molecule has 1 atom stereocenters. The minimum absolute atomic E-state index is 0.263. The van der Waals surface area contributed by atoms with E-state index in [0.717, 1.165) is 6.42 Å². The minimum atomic E-state index is 0.263. The molecule has 0 heterocycles. The second-order valence-electron chi connectivity index (χ2n) is 3.71. The number of aliphatic hydroxyl groups is 1. The van der Waals surface area contributed by atoms with Crippen molar-refractivity contribution in [3.8, 4) is 0 Å². The molecule has 76 valence electrons. The molecule has 0 saturated carbocycles. The fraction of sp³-hybridized carbons (Fsp3) is 0.385. The van der Waals surface area contributed by atoms with E-state index in [1.807, 2.05) is 12.1 Å². The van der Waals surface area contributed by atoms with Crippen LogP contribution in [0.3, 0.4) is 0 Å². The molecule has 0 amide bonds. The molecular weight excluding hydrogens is 172 g/mol. The Morgan fingerprint density at radius 3 is 2.71 bits per heavy atom. The highest BCUT2D eigenvalue weighted by Gasteiger charge is 1.96. The van der Waals surface area contributed by atoms with Crippen LogP contribution >= 0.6 is 0 Å². The third-order valence-electron chi connectivity index (χ3n) is 2.38. The molecule has 0 aromatic heterocycles.